The van der Waals surface area contributed by atoms with Crippen LogP contribution in [0.15, 0.2) is 36.4 Å². The molecular weight excluding hydrogens is 279 g/mol. The molecule has 1 fully saturated rings. The molecule has 1 aliphatic heterocycles. The van der Waals surface area contributed by atoms with Gasteiger partial charge in [-0.1, -0.05) is 36.4 Å². The minimum absolute atomic E-state index is 0.243. The molecule has 0 spiro atoms. The van der Waals surface area contributed by atoms with Crippen molar-refractivity contribution in [3.05, 3.63) is 42.0 Å². The Kier molecular flexibility index (Phi) is 3.93. The van der Waals surface area contributed by atoms with Gasteiger partial charge < -0.3 is 14.0 Å². The topological polar surface area (TPSA) is 44.8 Å². The third-order valence-electron chi connectivity index (χ3n) is 3.87. The van der Waals surface area contributed by atoms with Crippen molar-refractivity contribution in [2.75, 3.05) is 13.7 Å². The molecule has 4 nitrogen and oxygen atoms in total. The summed E-state index contributed by atoms with van der Waals surface area (Å²) in [6.07, 6.45) is 0.259. The molecule has 0 radical (unpaired) electrons. The van der Waals surface area contributed by atoms with E-state index in [0.29, 0.717) is 6.61 Å². The van der Waals surface area contributed by atoms with Gasteiger partial charge in [-0.3, -0.25) is 4.79 Å². The summed E-state index contributed by atoms with van der Waals surface area (Å²) in [5, 5.41) is 2.08. The van der Waals surface area contributed by atoms with Crippen molar-refractivity contribution in [1.29, 1.82) is 0 Å². The fourth-order valence-corrected chi connectivity index (χ4v) is 2.76. The number of methoxy groups -OCH3 is 1. The summed E-state index contributed by atoms with van der Waals surface area (Å²) in [5.41, 5.74) is 1.66. The number of ether oxygens (including phenoxy) is 1. The number of rotatable bonds is 3. The van der Waals surface area contributed by atoms with E-state index < -0.39 is 0 Å². The van der Waals surface area contributed by atoms with Gasteiger partial charge in [-0.25, -0.2) is 0 Å². The van der Waals surface area contributed by atoms with Gasteiger partial charge >= 0.3 is 13.1 Å². The normalized spacial score (nSPS) is 17.0. The molecule has 0 amide bonds. The molecule has 2 aromatic carbocycles. The van der Waals surface area contributed by atoms with E-state index in [1.54, 1.807) is 0 Å². The molecule has 5 heteroatoms. The van der Waals surface area contributed by atoms with Gasteiger partial charge in [-0.05, 0) is 35.6 Å². The maximum atomic E-state index is 11.6. The van der Waals surface area contributed by atoms with Crippen molar-refractivity contribution in [3.8, 4) is 0 Å². The smallest absolute Gasteiger partial charge is 0.469 e. The first kappa shape index (κ1) is 15.1. The Hall–Kier alpha value is -1.85. The first-order valence-electron chi connectivity index (χ1n) is 7.37. The maximum absolute atomic E-state index is 11.6. The minimum atomic E-state index is -0.368. The van der Waals surface area contributed by atoms with Crippen molar-refractivity contribution in [1.82, 2.24) is 0 Å². The Morgan fingerprint density at radius 2 is 1.95 bits per heavy atom. The lowest BCUT2D eigenvalue weighted by molar-refractivity contribution is -0.139. The molecule has 1 heterocycles. The predicted octanol–water partition coefficient (Wildman–Crippen LogP) is 2.08. The molecular formula is C17H19BO4. The van der Waals surface area contributed by atoms with E-state index in [0.717, 1.165) is 21.8 Å². The summed E-state index contributed by atoms with van der Waals surface area (Å²) in [6, 6.07) is 11.9. The van der Waals surface area contributed by atoms with E-state index in [9.17, 15) is 4.79 Å². The van der Waals surface area contributed by atoms with Gasteiger partial charge in [-0.15, -0.1) is 0 Å². The van der Waals surface area contributed by atoms with Crippen molar-refractivity contribution in [3.63, 3.8) is 0 Å². The highest BCUT2D eigenvalue weighted by Crippen LogP contribution is 2.24. The lowest BCUT2D eigenvalue weighted by Crippen LogP contribution is -2.35. The summed E-state index contributed by atoms with van der Waals surface area (Å²) < 4.78 is 16.5. The monoisotopic (exact) mass is 298 g/mol. The molecule has 2 aromatic rings. The van der Waals surface area contributed by atoms with E-state index in [1.807, 2.05) is 50.2 Å². The van der Waals surface area contributed by atoms with Crippen molar-refractivity contribution in [2.45, 2.75) is 25.9 Å². The summed E-state index contributed by atoms with van der Waals surface area (Å²) in [7, 11) is 1.04. The van der Waals surface area contributed by atoms with E-state index >= 15 is 0 Å². The Morgan fingerprint density at radius 3 is 2.59 bits per heavy atom. The fraction of sp³-hybridized carbons (Fsp3) is 0.353. The molecule has 0 aromatic heterocycles. The second-order valence-electron chi connectivity index (χ2n) is 6.13. The van der Waals surface area contributed by atoms with E-state index in [1.165, 1.54) is 7.11 Å². The van der Waals surface area contributed by atoms with Crippen LogP contribution in [0.25, 0.3) is 10.8 Å². The van der Waals surface area contributed by atoms with Crippen LogP contribution in [-0.4, -0.2) is 32.4 Å². The Labute approximate surface area is 130 Å². The van der Waals surface area contributed by atoms with E-state index in [2.05, 4.69) is 0 Å². The summed E-state index contributed by atoms with van der Waals surface area (Å²) in [6.45, 7) is 4.59. The Bertz CT molecular complexity index is 711. The minimum Gasteiger partial charge on any atom is -0.469 e. The molecule has 22 heavy (non-hydrogen) atoms. The molecule has 3 rings (SSSR count). The maximum Gasteiger partial charge on any atom is 0.495 e. The molecule has 1 saturated heterocycles. The number of hydrogen-bond acceptors (Lipinski definition) is 4. The second-order valence-corrected chi connectivity index (χ2v) is 6.13. The zero-order valence-corrected chi connectivity index (χ0v) is 13.1. The van der Waals surface area contributed by atoms with Crippen molar-refractivity contribution < 1.29 is 18.8 Å². The number of fused-ring (bicyclic) bond motifs is 1. The summed E-state index contributed by atoms with van der Waals surface area (Å²) >= 11 is 0. The predicted molar refractivity (Wildman–Crippen MR) is 86.2 cm³/mol. The van der Waals surface area contributed by atoms with Crippen LogP contribution in [0.3, 0.4) is 0 Å². The first-order valence-corrected chi connectivity index (χ1v) is 7.37. The standard InChI is InChI=1S/C17H19BO4/c1-17(2)11-21-18(22-17)15-9-8-12(10-16(19)20-3)13-6-4-5-7-14(13)15/h4-9H,10-11H2,1-3H3. The van der Waals surface area contributed by atoms with Crippen molar-refractivity contribution >= 4 is 29.3 Å². The highest BCUT2D eigenvalue weighted by atomic mass is 16.7. The SMILES string of the molecule is COC(=O)Cc1ccc(B2OCC(C)(C)O2)c2ccccc12. The van der Waals surface area contributed by atoms with Gasteiger partial charge in [0, 0.05) is 0 Å². The third kappa shape index (κ3) is 2.87. The highest BCUT2D eigenvalue weighted by Gasteiger charge is 2.39. The fourth-order valence-electron chi connectivity index (χ4n) is 2.76. The van der Waals surface area contributed by atoms with Gasteiger partial charge in [0.1, 0.15) is 0 Å². The average molecular weight is 298 g/mol. The van der Waals surface area contributed by atoms with Gasteiger partial charge in [0.2, 0.25) is 0 Å². The zero-order chi connectivity index (χ0) is 15.7. The van der Waals surface area contributed by atoms with Crippen LogP contribution in [0.1, 0.15) is 19.4 Å². The van der Waals surface area contributed by atoms with Crippen LogP contribution >= 0.6 is 0 Å². The van der Waals surface area contributed by atoms with Crippen LogP contribution in [0.4, 0.5) is 0 Å². The molecule has 0 atom stereocenters. The van der Waals surface area contributed by atoms with E-state index in [-0.39, 0.29) is 25.1 Å². The van der Waals surface area contributed by atoms with Crippen LogP contribution in [0.2, 0.25) is 0 Å². The lowest BCUT2D eigenvalue weighted by Gasteiger charge is -2.16. The molecule has 0 bridgehead atoms. The van der Waals surface area contributed by atoms with Gasteiger partial charge in [0.25, 0.3) is 0 Å². The molecule has 114 valence electrons. The Morgan fingerprint density at radius 1 is 1.23 bits per heavy atom. The van der Waals surface area contributed by atoms with Gasteiger partial charge in [0.05, 0.1) is 25.7 Å². The Balaban J connectivity index is 2.03. The zero-order valence-electron chi connectivity index (χ0n) is 13.1. The quantitative estimate of drug-likeness (QED) is 0.643. The van der Waals surface area contributed by atoms with Crippen LogP contribution in [-0.2, 0) is 25.3 Å². The lowest BCUT2D eigenvalue weighted by atomic mass is 9.75. The summed E-state index contributed by atoms with van der Waals surface area (Å²) in [5.74, 6) is -0.243. The van der Waals surface area contributed by atoms with Crippen LogP contribution in [0.5, 0.6) is 0 Å². The second kappa shape index (κ2) is 5.74. The number of hydrogen-bond donors (Lipinski definition) is 0. The molecule has 0 unspecified atom stereocenters. The molecule has 0 N–H and O–H groups in total. The average Bonchev–Trinajstić information content (AvgIpc) is 2.87. The van der Waals surface area contributed by atoms with Crippen LogP contribution in [0, 0.1) is 0 Å². The molecule has 0 saturated carbocycles. The highest BCUT2D eigenvalue weighted by molar-refractivity contribution is 6.65. The van der Waals surface area contributed by atoms with E-state index in [4.69, 9.17) is 14.0 Å². The van der Waals surface area contributed by atoms with Crippen LogP contribution < -0.4 is 5.46 Å². The third-order valence-corrected chi connectivity index (χ3v) is 3.87. The number of carbonyl (C=O) groups is 1. The van der Waals surface area contributed by atoms with Crippen molar-refractivity contribution in [2.24, 2.45) is 0 Å². The number of benzene rings is 2. The van der Waals surface area contributed by atoms with Gasteiger partial charge in [-0.2, -0.15) is 0 Å². The molecule has 0 aliphatic carbocycles. The molecule has 1 aliphatic rings. The number of esters is 1. The number of carbonyl (C=O) groups excluding carboxylic acids is 1. The summed E-state index contributed by atoms with van der Waals surface area (Å²) in [4.78, 5) is 11.6. The largest absolute Gasteiger partial charge is 0.495 e. The van der Waals surface area contributed by atoms with Gasteiger partial charge in [0.15, 0.2) is 0 Å². The first-order chi connectivity index (χ1) is 10.5.